The lowest BCUT2D eigenvalue weighted by molar-refractivity contribution is -0.502. The van der Waals surface area contributed by atoms with Gasteiger partial charge in [0.25, 0.3) is 0 Å². The summed E-state index contributed by atoms with van der Waals surface area (Å²) in [5, 5.41) is 50.2. The molecule has 1 unspecified atom stereocenters. The SMILES string of the molecule is CC(CNC(=O)CCC/C=C\C[C@@H]1[C@@H](/C=C/[C@@H](O)COc2cccc(C(F)(F)F)c2)[C@H](O)C[C@@H]1O)ON(O)O. The topological polar surface area (TPSA) is 152 Å². The number of carbonyl (C=O) groups is 1. The average Bonchev–Trinajstić information content (AvgIpc) is 3.13. The molecule has 39 heavy (non-hydrogen) atoms. The number of nitrogens with one attached hydrogen (secondary N) is 1. The summed E-state index contributed by atoms with van der Waals surface area (Å²) in [6, 6.07) is 4.34. The highest BCUT2D eigenvalue weighted by molar-refractivity contribution is 5.75. The minimum atomic E-state index is -4.50. The summed E-state index contributed by atoms with van der Waals surface area (Å²) >= 11 is 0. The first kappa shape index (κ1) is 32.7. The smallest absolute Gasteiger partial charge is 0.416 e. The predicted molar refractivity (Wildman–Crippen MR) is 132 cm³/mol. The maximum Gasteiger partial charge on any atom is 0.416 e. The molecule has 0 aliphatic heterocycles. The van der Waals surface area contributed by atoms with Gasteiger partial charge < -0.3 is 25.4 Å². The number of benzene rings is 1. The lowest BCUT2D eigenvalue weighted by Crippen LogP contribution is -2.34. The number of hydrogen-bond acceptors (Lipinski definition) is 9. The van der Waals surface area contributed by atoms with Gasteiger partial charge in [0, 0.05) is 25.3 Å². The Kier molecular flexibility index (Phi) is 13.3. The fraction of sp³-hybridized carbons (Fsp3) is 0.577. The van der Waals surface area contributed by atoms with E-state index in [1.807, 2.05) is 12.2 Å². The number of carbonyl (C=O) groups excluding carboxylic acids is 1. The van der Waals surface area contributed by atoms with Crippen LogP contribution in [0.1, 0.15) is 44.6 Å². The van der Waals surface area contributed by atoms with E-state index in [1.165, 1.54) is 18.2 Å². The van der Waals surface area contributed by atoms with Gasteiger partial charge in [-0.15, -0.1) is 0 Å². The highest BCUT2D eigenvalue weighted by atomic mass is 19.4. The van der Waals surface area contributed by atoms with Crippen LogP contribution in [0.4, 0.5) is 13.2 Å². The monoisotopic (exact) mass is 562 g/mol. The number of ether oxygens (including phenoxy) is 1. The van der Waals surface area contributed by atoms with Crippen molar-refractivity contribution in [2.75, 3.05) is 13.2 Å². The lowest BCUT2D eigenvalue weighted by atomic mass is 9.89. The van der Waals surface area contributed by atoms with Crippen LogP contribution < -0.4 is 10.1 Å². The van der Waals surface area contributed by atoms with Gasteiger partial charge in [-0.25, -0.2) is 4.84 Å². The van der Waals surface area contributed by atoms with E-state index in [-0.39, 0.29) is 43.6 Å². The van der Waals surface area contributed by atoms with E-state index >= 15 is 0 Å². The Morgan fingerprint density at radius 3 is 2.67 bits per heavy atom. The van der Waals surface area contributed by atoms with Crippen molar-refractivity contribution in [3.8, 4) is 5.75 Å². The van der Waals surface area contributed by atoms with Crippen LogP contribution in [0.15, 0.2) is 48.6 Å². The third-order valence-electron chi connectivity index (χ3n) is 6.26. The van der Waals surface area contributed by atoms with Crippen LogP contribution in [0.5, 0.6) is 5.75 Å². The number of alkyl halides is 3. The van der Waals surface area contributed by atoms with Gasteiger partial charge in [-0.1, -0.05) is 30.4 Å². The van der Waals surface area contributed by atoms with Crippen molar-refractivity contribution in [2.24, 2.45) is 11.8 Å². The Labute approximate surface area is 224 Å². The van der Waals surface area contributed by atoms with Crippen molar-refractivity contribution in [2.45, 2.75) is 69.6 Å². The van der Waals surface area contributed by atoms with E-state index in [2.05, 4.69) is 10.2 Å². The van der Waals surface area contributed by atoms with Crippen LogP contribution in [0.3, 0.4) is 0 Å². The molecule has 1 aliphatic carbocycles. The van der Waals surface area contributed by atoms with Gasteiger partial charge in [-0.3, -0.25) is 15.2 Å². The number of unbranched alkanes of at least 4 members (excludes halogenated alkanes) is 1. The Morgan fingerprint density at radius 2 is 1.97 bits per heavy atom. The zero-order valence-electron chi connectivity index (χ0n) is 21.6. The van der Waals surface area contributed by atoms with Crippen LogP contribution in [0.2, 0.25) is 0 Å². The Morgan fingerprint density at radius 1 is 1.23 bits per heavy atom. The maximum absolute atomic E-state index is 12.8. The standard InChI is InChI=1S/C26H37F3N2O8/c1-17(39-31(36)37)15-30-25(35)10-5-3-2-4-9-21-22(24(34)14-23(21)33)12-11-19(32)16-38-20-8-6-7-18(13-20)26(27,28)29/h2,4,6-8,11-13,17,19,21-24,32-34,36-37H,3,5,9-10,14-16H2,1H3,(H,30,35)/b4-2-,12-11+/t17?,19-,21-,22-,23+,24-/m1/s1. The predicted octanol–water partition coefficient (Wildman–Crippen LogP) is 2.99. The van der Waals surface area contributed by atoms with Crippen molar-refractivity contribution in [3.63, 3.8) is 0 Å². The van der Waals surface area contributed by atoms with Crippen LogP contribution in [-0.4, -0.2) is 74.6 Å². The van der Waals surface area contributed by atoms with Crippen molar-refractivity contribution >= 4 is 5.91 Å². The number of aliphatic hydroxyl groups excluding tert-OH is 3. The Bertz CT molecular complexity index is 944. The van der Waals surface area contributed by atoms with E-state index in [0.717, 1.165) is 12.1 Å². The second-order valence-electron chi connectivity index (χ2n) is 9.47. The summed E-state index contributed by atoms with van der Waals surface area (Å²) in [6.45, 7) is 1.37. The van der Waals surface area contributed by atoms with E-state index in [0.29, 0.717) is 19.3 Å². The quantitative estimate of drug-likeness (QED) is 0.108. The van der Waals surface area contributed by atoms with Gasteiger partial charge in [-0.05, 0) is 50.3 Å². The summed E-state index contributed by atoms with van der Waals surface area (Å²) < 4.78 is 43.8. The highest BCUT2D eigenvalue weighted by Crippen LogP contribution is 2.36. The molecular weight excluding hydrogens is 525 g/mol. The summed E-state index contributed by atoms with van der Waals surface area (Å²) in [5.41, 5.74) is -0.855. The Balaban J connectivity index is 1.76. The second-order valence-corrected chi connectivity index (χ2v) is 9.47. The second kappa shape index (κ2) is 15.9. The first-order valence-electron chi connectivity index (χ1n) is 12.7. The first-order valence-corrected chi connectivity index (χ1v) is 12.7. The maximum atomic E-state index is 12.8. The third-order valence-corrected chi connectivity index (χ3v) is 6.26. The molecule has 13 heteroatoms. The lowest BCUT2D eigenvalue weighted by Gasteiger charge is -2.19. The largest absolute Gasteiger partial charge is 0.491 e. The molecule has 1 aromatic rings. The number of halogens is 3. The molecule has 10 nitrogen and oxygen atoms in total. The minimum absolute atomic E-state index is 0.0302. The van der Waals surface area contributed by atoms with Gasteiger partial charge in [0.2, 0.25) is 5.91 Å². The van der Waals surface area contributed by atoms with Crippen molar-refractivity contribution < 1.29 is 53.3 Å². The van der Waals surface area contributed by atoms with Crippen LogP contribution in [0.25, 0.3) is 0 Å². The molecule has 0 heterocycles. The van der Waals surface area contributed by atoms with Gasteiger partial charge in [-0.2, -0.15) is 13.2 Å². The number of amides is 1. The first-order chi connectivity index (χ1) is 18.4. The average molecular weight is 563 g/mol. The molecule has 1 aromatic carbocycles. The summed E-state index contributed by atoms with van der Waals surface area (Å²) in [5.74, 6) is -0.975. The number of allylic oxidation sites excluding steroid dienone is 2. The van der Waals surface area contributed by atoms with Crippen molar-refractivity contribution in [1.29, 1.82) is 0 Å². The van der Waals surface area contributed by atoms with Gasteiger partial charge in [0.1, 0.15) is 18.5 Å². The normalized spacial score (nSPS) is 23.5. The number of rotatable bonds is 15. The van der Waals surface area contributed by atoms with E-state index < -0.39 is 47.5 Å². The zero-order chi connectivity index (χ0) is 29.0. The van der Waals surface area contributed by atoms with Crippen molar-refractivity contribution in [1.82, 2.24) is 10.7 Å². The molecular formula is C26H37F3N2O8. The number of aliphatic hydroxyl groups is 3. The fourth-order valence-corrected chi connectivity index (χ4v) is 4.26. The Hall–Kier alpha value is -2.52. The summed E-state index contributed by atoms with van der Waals surface area (Å²) in [7, 11) is 0. The molecule has 0 radical (unpaired) electrons. The van der Waals surface area contributed by atoms with Gasteiger partial charge >= 0.3 is 6.18 Å². The molecule has 6 N–H and O–H groups in total. The minimum Gasteiger partial charge on any atom is -0.491 e. The molecule has 220 valence electrons. The third kappa shape index (κ3) is 12.0. The van der Waals surface area contributed by atoms with Crippen molar-refractivity contribution in [3.05, 3.63) is 54.1 Å². The molecule has 0 aromatic heterocycles. The van der Waals surface area contributed by atoms with Gasteiger partial charge in [0.05, 0.1) is 29.3 Å². The summed E-state index contributed by atoms with van der Waals surface area (Å²) in [6.07, 6.45) is 1.00. The van der Waals surface area contributed by atoms with Crippen LogP contribution in [0, 0.1) is 11.8 Å². The van der Waals surface area contributed by atoms with Crippen LogP contribution >= 0.6 is 0 Å². The molecule has 0 spiro atoms. The zero-order valence-corrected chi connectivity index (χ0v) is 21.6. The molecule has 1 fully saturated rings. The van der Waals surface area contributed by atoms with Crippen LogP contribution in [-0.2, 0) is 15.8 Å². The molecule has 1 aliphatic rings. The molecule has 2 rings (SSSR count). The number of nitrogens with zero attached hydrogens (tertiary/aromatic N) is 1. The molecule has 1 amide bonds. The molecule has 6 atom stereocenters. The molecule has 0 bridgehead atoms. The molecule has 1 saturated carbocycles. The van der Waals surface area contributed by atoms with E-state index in [1.54, 1.807) is 13.0 Å². The van der Waals surface area contributed by atoms with E-state index in [4.69, 9.17) is 15.2 Å². The van der Waals surface area contributed by atoms with Gasteiger partial charge in [0.15, 0.2) is 0 Å². The molecule has 0 saturated heterocycles. The number of hydrogen-bond donors (Lipinski definition) is 6. The highest BCUT2D eigenvalue weighted by Gasteiger charge is 2.39. The summed E-state index contributed by atoms with van der Waals surface area (Å²) in [4.78, 5) is 16.4. The fourth-order valence-electron chi connectivity index (χ4n) is 4.26. The van der Waals surface area contributed by atoms with E-state index in [9.17, 15) is 33.3 Å².